The summed E-state index contributed by atoms with van der Waals surface area (Å²) >= 11 is 0. The van der Waals surface area contributed by atoms with Crippen LogP contribution in [-0.4, -0.2) is 59.7 Å². The van der Waals surface area contributed by atoms with E-state index in [-0.39, 0.29) is 41.6 Å². The molecule has 0 radical (unpaired) electrons. The molecule has 0 spiro atoms. The van der Waals surface area contributed by atoms with E-state index >= 15 is 0 Å². The van der Waals surface area contributed by atoms with Crippen LogP contribution in [0.25, 0.3) is 0 Å². The summed E-state index contributed by atoms with van der Waals surface area (Å²) in [5, 5.41) is 10.3. The van der Waals surface area contributed by atoms with Gasteiger partial charge in [-0.2, -0.15) is 0 Å². The maximum absolute atomic E-state index is 9.54. The molecule has 4 nitrogen and oxygen atoms in total. The van der Waals surface area contributed by atoms with Crippen molar-refractivity contribution >= 4 is 35.5 Å². The van der Waals surface area contributed by atoms with Crippen molar-refractivity contribution in [2.45, 2.75) is 0 Å². The van der Waals surface area contributed by atoms with Crippen LogP contribution >= 0.6 is 0 Å². The topological polar surface area (TPSA) is 80.8 Å². The van der Waals surface area contributed by atoms with Gasteiger partial charge in [-0.1, -0.05) is 0 Å². The van der Waals surface area contributed by atoms with Gasteiger partial charge in [0.15, 0.2) is 0 Å². The van der Waals surface area contributed by atoms with E-state index in [1.807, 2.05) is 0 Å². The minimum absolute atomic E-state index is 0. The number of likely N-dealkylation sites (N-methyl/N-ethyl adjacent to an activating group) is 1. The summed E-state index contributed by atoms with van der Waals surface area (Å²) < 4.78 is 0. The zero-order valence-corrected chi connectivity index (χ0v) is 4.06. The van der Waals surface area contributed by atoms with Gasteiger partial charge in [0, 0.05) is 0 Å². The van der Waals surface area contributed by atoms with E-state index in [9.17, 15) is 4.79 Å². The molecule has 0 amide bonds. The molecule has 0 saturated heterocycles. The second kappa shape index (κ2) is 10.4. The van der Waals surface area contributed by atoms with E-state index in [0.29, 0.717) is 0 Å². The van der Waals surface area contributed by atoms with Crippen LogP contribution < -0.4 is 5.32 Å². The van der Waals surface area contributed by atoms with Crippen molar-refractivity contribution in [3.63, 3.8) is 0 Å². The van der Waals surface area contributed by atoms with Crippen molar-refractivity contribution in [2.75, 3.05) is 13.6 Å². The Morgan fingerprint density at radius 2 is 2.12 bits per heavy atom. The Morgan fingerprint density at radius 3 is 2.12 bits per heavy atom. The average Bonchev–Trinajstić information content (AvgIpc) is 1.35. The number of aliphatic carboxylic acids is 1. The molecule has 4 N–H and O–H groups in total. The van der Waals surface area contributed by atoms with Gasteiger partial charge in [0.2, 0.25) is 0 Å². The van der Waals surface area contributed by atoms with Gasteiger partial charge in [-0.05, 0) is 7.05 Å². The number of carboxylic acids is 1. The molecule has 0 bridgehead atoms. The fourth-order valence-corrected chi connectivity index (χ4v) is 0.151. The van der Waals surface area contributed by atoms with E-state index in [1.54, 1.807) is 7.05 Å². The third-order valence-corrected chi connectivity index (χ3v) is 0.328. The van der Waals surface area contributed by atoms with Crippen LogP contribution in [0.2, 0.25) is 0 Å². The average molecular weight is 131 g/mol. The summed E-state index contributed by atoms with van der Waals surface area (Å²) in [6.45, 7) is 0.0417. The number of carbonyl (C=O) groups is 1. The monoisotopic (exact) mass is 131 g/mol. The Morgan fingerprint density at radius 1 is 1.75 bits per heavy atom. The quantitative estimate of drug-likeness (QED) is 0.418. The molecule has 0 rings (SSSR count). The van der Waals surface area contributed by atoms with Gasteiger partial charge >= 0.3 is 35.5 Å². The molecule has 0 aromatic rings. The predicted molar refractivity (Wildman–Crippen MR) is 32.3 cm³/mol. The Labute approximate surface area is 69.9 Å². The summed E-state index contributed by atoms with van der Waals surface area (Å²) in [6, 6.07) is 0. The van der Waals surface area contributed by atoms with Gasteiger partial charge < -0.3 is 15.9 Å². The van der Waals surface area contributed by atoms with Gasteiger partial charge in [-0.3, -0.25) is 4.79 Å². The number of hydrogen-bond donors (Lipinski definition) is 2. The van der Waals surface area contributed by atoms with Gasteiger partial charge in [0.25, 0.3) is 0 Å². The molecule has 0 heterocycles. The summed E-state index contributed by atoms with van der Waals surface area (Å²) in [4.78, 5) is 9.54. The Kier molecular flexibility index (Phi) is 20.5. The molecule has 0 aromatic heterocycles. The van der Waals surface area contributed by atoms with Crippen LogP contribution in [0.15, 0.2) is 0 Å². The van der Waals surface area contributed by atoms with Crippen molar-refractivity contribution in [1.82, 2.24) is 5.32 Å². The molecule has 5 heteroatoms. The second-order valence-electron chi connectivity index (χ2n) is 0.924. The second-order valence-corrected chi connectivity index (χ2v) is 0.924. The van der Waals surface area contributed by atoms with Gasteiger partial charge in [0.05, 0.1) is 6.54 Å². The van der Waals surface area contributed by atoms with Crippen LogP contribution in [0.3, 0.4) is 0 Å². The molecule has 0 aliphatic carbocycles. The molecule has 0 fully saturated rings. The first-order chi connectivity index (χ1) is 2.77. The van der Waals surface area contributed by atoms with Crippen LogP contribution in [0.1, 0.15) is 0 Å². The van der Waals surface area contributed by atoms with Crippen molar-refractivity contribution in [3.8, 4) is 0 Å². The van der Waals surface area contributed by atoms with Crippen LogP contribution in [-0.2, 0) is 4.79 Å². The maximum atomic E-state index is 9.54. The van der Waals surface area contributed by atoms with Crippen molar-refractivity contribution in [3.05, 3.63) is 0 Å². The first kappa shape index (κ1) is 15.8. The summed E-state index contributed by atoms with van der Waals surface area (Å²) in [5.74, 6) is -0.822. The molecule has 0 saturated carbocycles. The fourth-order valence-electron chi connectivity index (χ4n) is 0.151. The molecule has 46 valence electrons. The van der Waals surface area contributed by atoms with Gasteiger partial charge in [-0.15, -0.1) is 0 Å². The van der Waals surface area contributed by atoms with Crippen LogP contribution in [0, 0.1) is 0 Å². The summed E-state index contributed by atoms with van der Waals surface area (Å²) in [7, 11) is 1.59. The fraction of sp³-hybridized carbons (Fsp3) is 0.667. The van der Waals surface area contributed by atoms with Gasteiger partial charge in [-0.25, -0.2) is 0 Å². The third kappa shape index (κ3) is 16.2. The number of hydrogen-bond acceptors (Lipinski definition) is 2. The molecule has 0 aromatic carbocycles. The Bertz CT molecular complexity index is 58.5. The molecular weight excluding hydrogens is 121 g/mol. The van der Waals surface area contributed by atoms with E-state index in [2.05, 4.69) is 5.32 Å². The first-order valence-electron chi connectivity index (χ1n) is 1.63. The van der Waals surface area contributed by atoms with E-state index < -0.39 is 5.97 Å². The molecular formula is C3H10NNaO3. The summed E-state index contributed by atoms with van der Waals surface area (Å²) in [5.41, 5.74) is 0. The molecule has 0 aliphatic heterocycles. The molecule has 0 aliphatic rings. The van der Waals surface area contributed by atoms with E-state index in [0.717, 1.165) is 0 Å². The third-order valence-electron chi connectivity index (χ3n) is 0.328. The normalized spacial score (nSPS) is 6.12. The number of nitrogens with one attached hydrogen (secondary N) is 1. The standard InChI is InChI=1S/C3H7NO2.Na.H2O.H/c1-4-2-3(5)6;;;/h4H,2H2,1H3,(H,5,6);;1H2;. The van der Waals surface area contributed by atoms with Crippen molar-refractivity contribution in [1.29, 1.82) is 0 Å². The number of carboxylic acid groups (broad SMARTS) is 1. The van der Waals surface area contributed by atoms with Crippen LogP contribution in [0.4, 0.5) is 0 Å². The van der Waals surface area contributed by atoms with Crippen LogP contribution in [0.5, 0.6) is 0 Å². The Balaban J connectivity index is -0.000000125. The first-order valence-corrected chi connectivity index (χ1v) is 1.63. The predicted octanol–water partition coefficient (Wildman–Crippen LogP) is -2.18. The number of rotatable bonds is 2. The zero-order chi connectivity index (χ0) is 4.99. The molecule has 8 heavy (non-hydrogen) atoms. The minimum atomic E-state index is -0.822. The van der Waals surface area contributed by atoms with Crippen molar-refractivity contribution in [2.24, 2.45) is 0 Å². The van der Waals surface area contributed by atoms with Crippen molar-refractivity contribution < 1.29 is 15.4 Å². The van der Waals surface area contributed by atoms with E-state index in [1.165, 1.54) is 0 Å². The molecule has 0 atom stereocenters. The zero-order valence-electron chi connectivity index (χ0n) is 4.06. The molecule has 0 unspecified atom stereocenters. The summed E-state index contributed by atoms with van der Waals surface area (Å²) in [6.07, 6.45) is 0. The van der Waals surface area contributed by atoms with E-state index in [4.69, 9.17) is 5.11 Å². The SMILES string of the molecule is CNCC(=O)O.O.[NaH]. The Hall–Kier alpha value is 0.390. The van der Waals surface area contributed by atoms with Gasteiger partial charge in [0.1, 0.15) is 0 Å².